The van der Waals surface area contributed by atoms with Crippen LogP contribution in [0, 0.1) is 0 Å². The topological polar surface area (TPSA) is 70.5 Å². The van der Waals surface area contributed by atoms with Gasteiger partial charge in [-0.1, -0.05) is 39.0 Å². The summed E-state index contributed by atoms with van der Waals surface area (Å²) in [4.78, 5) is 0. The lowest BCUT2D eigenvalue weighted by atomic mass is 10.3. The first-order chi connectivity index (χ1) is 10.4. The van der Waals surface area contributed by atoms with Crippen LogP contribution in [0.1, 0.15) is 0 Å². The minimum Gasteiger partial charge on any atom is -0.458 e. The average Bonchev–Trinajstić information content (AvgIpc) is 2.45. The van der Waals surface area contributed by atoms with Crippen LogP contribution in [0.3, 0.4) is 0 Å². The molecule has 0 saturated carbocycles. The Hall–Kier alpha value is -3.14. The maximum atomic E-state index is 5.48. The Morgan fingerprint density at radius 1 is 0.818 bits per heavy atom. The van der Waals surface area contributed by atoms with Crippen LogP contribution in [0.2, 0.25) is 0 Å². The number of hydrogen-bond acceptors (Lipinski definition) is 4. The Morgan fingerprint density at radius 2 is 1.36 bits per heavy atom. The molecular formula is C18H22N2O2. The monoisotopic (exact) mass is 298 g/mol. The number of ether oxygens (including phenoxy) is 2. The molecule has 0 radical (unpaired) electrons. The highest BCUT2D eigenvalue weighted by Crippen LogP contribution is 2.14. The molecule has 0 atom stereocenters. The second-order valence-electron chi connectivity index (χ2n) is 3.96. The van der Waals surface area contributed by atoms with E-state index in [1.807, 2.05) is 0 Å². The molecule has 0 aromatic rings. The Labute approximate surface area is 132 Å². The van der Waals surface area contributed by atoms with E-state index in [0.29, 0.717) is 28.7 Å². The van der Waals surface area contributed by atoms with Gasteiger partial charge in [0.15, 0.2) is 0 Å². The van der Waals surface area contributed by atoms with Crippen molar-refractivity contribution in [2.75, 3.05) is 0 Å². The third-order valence-corrected chi connectivity index (χ3v) is 2.04. The van der Waals surface area contributed by atoms with Crippen molar-refractivity contribution in [2.24, 2.45) is 11.5 Å². The summed E-state index contributed by atoms with van der Waals surface area (Å²) in [6.45, 7) is 18.3. The van der Waals surface area contributed by atoms with E-state index in [9.17, 15) is 0 Å². The average molecular weight is 298 g/mol. The fraction of sp³-hybridized carbons (Fsp3) is 0. The molecule has 4 nitrogen and oxygen atoms in total. The van der Waals surface area contributed by atoms with Crippen LogP contribution in [-0.2, 0) is 9.47 Å². The lowest BCUT2D eigenvalue weighted by Gasteiger charge is -2.09. The molecule has 0 aliphatic heterocycles. The van der Waals surface area contributed by atoms with Gasteiger partial charge < -0.3 is 20.9 Å². The summed E-state index contributed by atoms with van der Waals surface area (Å²) in [6, 6.07) is 0. The van der Waals surface area contributed by atoms with Crippen LogP contribution in [-0.4, -0.2) is 0 Å². The zero-order valence-electron chi connectivity index (χ0n) is 12.6. The van der Waals surface area contributed by atoms with E-state index in [4.69, 9.17) is 20.9 Å². The molecule has 0 aromatic carbocycles. The molecule has 0 aliphatic carbocycles. The van der Waals surface area contributed by atoms with E-state index in [1.54, 1.807) is 24.3 Å². The quantitative estimate of drug-likeness (QED) is 0.476. The van der Waals surface area contributed by atoms with Gasteiger partial charge in [0.2, 0.25) is 0 Å². The third-order valence-electron chi connectivity index (χ3n) is 2.04. The van der Waals surface area contributed by atoms with Gasteiger partial charge >= 0.3 is 0 Å². The van der Waals surface area contributed by atoms with Gasteiger partial charge in [-0.05, 0) is 30.5 Å². The first kappa shape index (κ1) is 18.9. The summed E-state index contributed by atoms with van der Waals surface area (Å²) < 4.78 is 10.9. The summed E-state index contributed by atoms with van der Waals surface area (Å²) in [7, 11) is 0. The lowest BCUT2D eigenvalue weighted by molar-refractivity contribution is 0.316. The third kappa shape index (κ3) is 8.87. The second kappa shape index (κ2) is 10.6. The summed E-state index contributed by atoms with van der Waals surface area (Å²) in [5.74, 6) is 1.57. The molecule has 0 aromatic heterocycles. The van der Waals surface area contributed by atoms with Crippen LogP contribution in [0.4, 0.5) is 0 Å². The van der Waals surface area contributed by atoms with E-state index in [-0.39, 0.29) is 0 Å². The molecule has 0 heterocycles. The molecule has 22 heavy (non-hydrogen) atoms. The van der Waals surface area contributed by atoms with Crippen LogP contribution < -0.4 is 11.5 Å². The molecule has 0 aliphatic rings. The number of nitrogens with two attached hydrogens (primary N) is 2. The fourth-order valence-corrected chi connectivity index (χ4v) is 1.19. The van der Waals surface area contributed by atoms with E-state index in [1.165, 1.54) is 24.4 Å². The normalized spacial score (nSPS) is 12.2. The van der Waals surface area contributed by atoms with Crippen molar-refractivity contribution in [1.82, 2.24) is 0 Å². The highest BCUT2D eigenvalue weighted by Gasteiger charge is 2.00. The minimum atomic E-state index is 0.320. The number of rotatable bonds is 10. The molecule has 0 bridgehead atoms. The van der Waals surface area contributed by atoms with Crippen molar-refractivity contribution in [1.29, 1.82) is 0 Å². The summed E-state index contributed by atoms with van der Waals surface area (Å²) in [5, 5.41) is 0. The zero-order valence-corrected chi connectivity index (χ0v) is 12.6. The van der Waals surface area contributed by atoms with E-state index >= 15 is 0 Å². The second-order valence-corrected chi connectivity index (χ2v) is 3.96. The Morgan fingerprint density at radius 3 is 1.86 bits per heavy atom. The Bertz CT molecular complexity index is 576. The van der Waals surface area contributed by atoms with Crippen molar-refractivity contribution < 1.29 is 9.47 Å². The van der Waals surface area contributed by atoms with Crippen molar-refractivity contribution in [3.63, 3.8) is 0 Å². The van der Waals surface area contributed by atoms with Gasteiger partial charge in [0, 0.05) is 17.8 Å². The van der Waals surface area contributed by atoms with E-state index < -0.39 is 0 Å². The number of allylic oxidation sites excluding steroid dienone is 7. The first-order valence-corrected chi connectivity index (χ1v) is 6.34. The molecule has 0 amide bonds. The Balaban J connectivity index is 4.86. The van der Waals surface area contributed by atoms with Gasteiger partial charge in [-0.15, -0.1) is 0 Å². The molecular weight excluding hydrogens is 276 g/mol. The largest absolute Gasteiger partial charge is 0.458 e. The smallest absolute Gasteiger partial charge is 0.130 e. The van der Waals surface area contributed by atoms with Gasteiger partial charge in [-0.2, -0.15) is 0 Å². The molecule has 0 spiro atoms. The highest BCUT2D eigenvalue weighted by molar-refractivity contribution is 5.27. The molecule has 0 rings (SSSR count). The lowest BCUT2D eigenvalue weighted by Crippen LogP contribution is -1.95. The van der Waals surface area contributed by atoms with Crippen LogP contribution in [0.25, 0.3) is 0 Å². The summed E-state index contributed by atoms with van der Waals surface area (Å²) in [5.41, 5.74) is 11.0. The van der Waals surface area contributed by atoms with Crippen molar-refractivity contribution in [3.8, 4) is 0 Å². The summed E-state index contributed by atoms with van der Waals surface area (Å²) >= 11 is 0. The van der Waals surface area contributed by atoms with E-state index in [0.717, 1.165) is 0 Å². The zero-order chi connectivity index (χ0) is 17.0. The van der Waals surface area contributed by atoms with Gasteiger partial charge in [0.25, 0.3) is 0 Å². The number of hydrogen-bond donors (Lipinski definition) is 2. The molecule has 0 saturated heterocycles. The highest BCUT2D eigenvalue weighted by atomic mass is 16.5. The standard InChI is InChI=1S/C18H22N2O2/c1-6-17(12-14(3)20)22-16(5)13-18(7-2)21-15(4)10-8-9-11-19/h6-13H,1-5,19-20H2/b10-8-,11-9+,17-12+,18-13+. The first-order valence-electron chi connectivity index (χ1n) is 6.34. The SMILES string of the molecule is C=C/C(=C\C(=C)O/C(C=C)=C/C(=C)N)OC(=C)/C=C\C=C\N. The van der Waals surface area contributed by atoms with Crippen LogP contribution in [0.5, 0.6) is 0 Å². The molecule has 4 N–H and O–H groups in total. The maximum absolute atomic E-state index is 5.48. The van der Waals surface area contributed by atoms with Crippen molar-refractivity contribution >= 4 is 0 Å². The molecule has 0 unspecified atom stereocenters. The minimum absolute atomic E-state index is 0.320. The predicted octanol–water partition coefficient (Wildman–Crippen LogP) is 3.69. The predicted molar refractivity (Wildman–Crippen MR) is 92.8 cm³/mol. The van der Waals surface area contributed by atoms with E-state index in [2.05, 4.69) is 32.9 Å². The van der Waals surface area contributed by atoms with Gasteiger partial charge in [0.05, 0.1) is 0 Å². The van der Waals surface area contributed by atoms with Gasteiger partial charge in [-0.3, -0.25) is 0 Å². The van der Waals surface area contributed by atoms with Crippen molar-refractivity contribution in [3.05, 3.63) is 110 Å². The fourth-order valence-electron chi connectivity index (χ4n) is 1.19. The molecule has 116 valence electrons. The Kier molecular flexibility index (Phi) is 9.11. The van der Waals surface area contributed by atoms with Gasteiger partial charge in [-0.25, -0.2) is 0 Å². The van der Waals surface area contributed by atoms with Crippen LogP contribution in [0.15, 0.2) is 110 Å². The van der Waals surface area contributed by atoms with Crippen molar-refractivity contribution in [2.45, 2.75) is 0 Å². The van der Waals surface area contributed by atoms with Gasteiger partial charge in [0.1, 0.15) is 23.0 Å². The molecule has 4 heteroatoms. The molecule has 0 fully saturated rings. The maximum Gasteiger partial charge on any atom is 0.130 e. The van der Waals surface area contributed by atoms with Crippen LogP contribution >= 0.6 is 0 Å². The summed E-state index contributed by atoms with van der Waals surface area (Å²) in [6.07, 6.45) is 12.5.